The van der Waals surface area contributed by atoms with Gasteiger partial charge in [0.15, 0.2) is 0 Å². The van der Waals surface area contributed by atoms with Crippen LogP contribution in [0.15, 0.2) is 35.3 Å². The van der Waals surface area contributed by atoms with Gasteiger partial charge in [0.05, 0.1) is 47.5 Å². The highest BCUT2D eigenvalue weighted by atomic mass is 79.9. The predicted molar refractivity (Wildman–Crippen MR) is 114 cm³/mol. The molecule has 2 atom stereocenters. The molecule has 8 nitrogen and oxygen atoms in total. The average molecular weight is 501 g/mol. The number of aromatic nitrogens is 4. The Labute approximate surface area is 188 Å². The van der Waals surface area contributed by atoms with E-state index in [9.17, 15) is 13.6 Å². The second kappa shape index (κ2) is 6.91. The highest BCUT2D eigenvalue weighted by Gasteiger charge is 2.44. The van der Waals surface area contributed by atoms with Gasteiger partial charge in [-0.2, -0.15) is 0 Å². The maximum absolute atomic E-state index is 14.7. The molecule has 4 heterocycles. The first-order chi connectivity index (χ1) is 15.4. The quantitative estimate of drug-likeness (QED) is 0.403. The minimum Gasteiger partial charge on any atom is -0.382 e. The van der Waals surface area contributed by atoms with Crippen LogP contribution in [0.1, 0.15) is 27.7 Å². The first-order valence-electron chi connectivity index (χ1n) is 9.90. The number of nitrogen functional groups attached to an aromatic ring is 1. The van der Waals surface area contributed by atoms with E-state index >= 15 is 0 Å². The van der Waals surface area contributed by atoms with Gasteiger partial charge in [-0.3, -0.25) is 9.20 Å². The van der Waals surface area contributed by atoms with Crippen molar-refractivity contribution in [3.8, 4) is 0 Å². The topological polar surface area (TPSA) is 98.6 Å². The standard InChI is InChI=1S/C21H15BrF2N6O2/c22-17-11(23)3-10-9(18(17)24)4-16-19(10)29(1-2-32-16)21(31)12-5-14-13(6-27-12)28-20(25)15-7-26-8-30(14)15/h3,5-8,16,19H,1-2,4H2,(H2,25,28)/t16-,19+/m1/s1. The summed E-state index contributed by atoms with van der Waals surface area (Å²) in [6.07, 6.45) is 4.47. The number of hydrogen-bond acceptors (Lipinski definition) is 6. The third kappa shape index (κ3) is 2.67. The van der Waals surface area contributed by atoms with Crippen LogP contribution in [-0.2, 0) is 11.2 Å². The summed E-state index contributed by atoms with van der Waals surface area (Å²) < 4.78 is 36.3. The average Bonchev–Trinajstić information content (AvgIpc) is 3.43. The SMILES string of the molecule is Nc1nc2cnc(C(=O)N3CCO[C@@H]4Cc5c(cc(F)c(Br)c5F)[C@@H]43)cc2n2cncc12. The summed E-state index contributed by atoms with van der Waals surface area (Å²) in [5.74, 6) is -1.41. The van der Waals surface area contributed by atoms with Crippen molar-refractivity contribution >= 4 is 44.2 Å². The first-order valence-corrected chi connectivity index (χ1v) is 10.7. The Morgan fingerprint density at radius 1 is 1.25 bits per heavy atom. The Hall–Kier alpha value is -3.18. The number of benzene rings is 1. The van der Waals surface area contributed by atoms with Crippen molar-refractivity contribution in [1.29, 1.82) is 0 Å². The van der Waals surface area contributed by atoms with Crippen LogP contribution in [0.25, 0.3) is 16.6 Å². The smallest absolute Gasteiger partial charge is 0.273 e. The van der Waals surface area contributed by atoms with Crippen LogP contribution in [0.3, 0.4) is 0 Å². The molecule has 1 saturated heterocycles. The van der Waals surface area contributed by atoms with Crippen molar-refractivity contribution in [2.75, 3.05) is 18.9 Å². The summed E-state index contributed by atoms with van der Waals surface area (Å²) in [5.41, 5.74) is 8.70. The highest BCUT2D eigenvalue weighted by Crippen LogP contribution is 2.43. The van der Waals surface area contributed by atoms with Crippen LogP contribution in [0.2, 0.25) is 0 Å². The van der Waals surface area contributed by atoms with Gasteiger partial charge in [0.1, 0.15) is 34.2 Å². The maximum atomic E-state index is 14.7. The lowest BCUT2D eigenvalue weighted by Crippen LogP contribution is -2.46. The minimum absolute atomic E-state index is 0.186. The summed E-state index contributed by atoms with van der Waals surface area (Å²) in [6, 6.07) is 2.30. The number of amides is 1. The number of morpholine rings is 1. The highest BCUT2D eigenvalue weighted by molar-refractivity contribution is 9.10. The third-order valence-corrected chi connectivity index (χ3v) is 6.84. The van der Waals surface area contributed by atoms with Crippen LogP contribution in [-0.4, -0.2) is 49.4 Å². The normalized spacial score (nSPS) is 20.0. The molecule has 2 aliphatic rings. The predicted octanol–water partition coefficient (Wildman–Crippen LogP) is 3.04. The molecule has 0 bridgehead atoms. The molecule has 1 amide bonds. The third-order valence-electron chi connectivity index (χ3n) is 6.12. The van der Waals surface area contributed by atoms with E-state index in [0.29, 0.717) is 40.1 Å². The number of carbonyl (C=O) groups is 1. The number of nitrogens with two attached hydrogens (primary N) is 1. The molecule has 11 heteroatoms. The van der Waals surface area contributed by atoms with Gasteiger partial charge in [-0.05, 0) is 39.2 Å². The second-order valence-electron chi connectivity index (χ2n) is 7.82. The van der Waals surface area contributed by atoms with Crippen LogP contribution < -0.4 is 5.73 Å². The zero-order valence-corrected chi connectivity index (χ0v) is 18.0. The van der Waals surface area contributed by atoms with E-state index in [4.69, 9.17) is 10.5 Å². The van der Waals surface area contributed by atoms with E-state index in [1.807, 2.05) is 0 Å². The lowest BCUT2D eigenvalue weighted by molar-refractivity contribution is -0.0518. The molecule has 0 spiro atoms. The van der Waals surface area contributed by atoms with Crippen molar-refractivity contribution in [3.63, 3.8) is 0 Å². The molecular weight excluding hydrogens is 486 g/mol. The monoisotopic (exact) mass is 500 g/mol. The Kier molecular flexibility index (Phi) is 4.21. The minimum atomic E-state index is -0.713. The van der Waals surface area contributed by atoms with Gasteiger partial charge in [0.25, 0.3) is 5.91 Å². The van der Waals surface area contributed by atoms with Gasteiger partial charge >= 0.3 is 0 Å². The number of nitrogens with zero attached hydrogens (tertiary/aromatic N) is 5. The Bertz CT molecular complexity index is 1440. The van der Waals surface area contributed by atoms with Crippen molar-refractivity contribution in [3.05, 3.63) is 63.8 Å². The van der Waals surface area contributed by atoms with E-state index in [2.05, 4.69) is 30.9 Å². The number of ether oxygens (including phenoxy) is 1. The molecular formula is C21H15BrF2N6O2. The molecule has 1 aromatic carbocycles. The Morgan fingerprint density at radius 2 is 2.09 bits per heavy atom. The van der Waals surface area contributed by atoms with E-state index in [-0.39, 0.29) is 29.0 Å². The van der Waals surface area contributed by atoms with E-state index in [1.54, 1.807) is 27.9 Å². The largest absolute Gasteiger partial charge is 0.382 e. The number of halogens is 3. The summed E-state index contributed by atoms with van der Waals surface area (Å²) in [7, 11) is 0. The number of pyridine rings is 1. The zero-order valence-electron chi connectivity index (χ0n) is 16.4. The first kappa shape index (κ1) is 19.5. The lowest BCUT2D eigenvalue weighted by Gasteiger charge is -2.38. The summed E-state index contributed by atoms with van der Waals surface area (Å²) >= 11 is 2.95. The van der Waals surface area contributed by atoms with Crippen LogP contribution in [0.5, 0.6) is 0 Å². The molecule has 1 aliphatic carbocycles. The van der Waals surface area contributed by atoms with Crippen molar-refractivity contribution in [2.24, 2.45) is 0 Å². The molecule has 3 aromatic heterocycles. The molecule has 4 aromatic rings. The van der Waals surface area contributed by atoms with Crippen LogP contribution in [0, 0.1) is 11.6 Å². The fourth-order valence-corrected chi connectivity index (χ4v) is 5.02. The molecule has 0 radical (unpaired) electrons. The molecule has 32 heavy (non-hydrogen) atoms. The fourth-order valence-electron chi connectivity index (χ4n) is 4.67. The molecule has 162 valence electrons. The number of anilines is 1. The van der Waals surface area contributed by atoms with E-state index in [1.165, 1.54) is 12.3 Å². The van der Waals surface area contributed by atoms with Crippen LogP contribution >= 0.6 is 15.9 Å². The van der Waals surface area contributed by atoms with Gasteiger partial charge in [-0.25, -0.2) is 23.7 Å². The van der Waals surface area contributed by atoms with E-state index in [0.717, 1.165) is 0 Å². The second-order valence-corrected chi connectivity index (χ2v) is 8.61. The summed E-state index contributed by atoms with van der Waals surface area (Å²) in [6.45, 7) is 0.572. The molecule has 0 unspecified atom stereocenters. The molecule has 1 fully saturated rings. The lowest BCUT2D eigenvalue weighted by atomic mass is 10.0. The molecule has 0 saturated carbocycles. The van der Waals surface area contributed by atoms with Gasteiger partial charge < -0.3 is 15.4 Å². The Balaban J connectivity index is 1.45. The van der Waals surface area contributed by atoms with Gasteiger partial charge in [0.2, 0.25) is 0 Å². The molecule has 6 rings (SSSR count). The number of carbonyl (C=O) groups excluding carboxylic acids is 1. The van der Waals surface area contributed by atoms with Gasteiger partial charge in [0, 0.05) is 13.0 Å². The fraction of sp³-hybridized carbons (Fsp3) is 0.238. The van der Waals surface area contributed by atoms with Crippen molar-refractivity contribution < 1.29 is 18.3 Å². The van der Waals surface area contributed by atoms with Gasteiger partial charge in [-0.15, -0.1) is 0 Å². The molecule has 2 N–H and O–H groups in total. The number of hydrogen-bond donors (Lipinski definition) is 1. The van der Waals surface area contributed by atoms with Crippen LogP contribution in [0.4, 0.5) is 14.6 Å². The maximum Gasteiger partial charge on any atom is 0.273 e. The van der Waals surface area contributed by atoms with Crippen molar-refractivity contribution in [2.45, 2.75) is 18.6 Å². The zero-order chi connectivity index (χ0) is 22.1. The summed E-state index contributed by atoms with van der Waals surface area (Å²) in [4.78, 5) is 27.8. The van der Waals surface area contributed by atoms with Gasteiger partial charge in [-0.1, -0.05) is 0 Å². The van der Waals surface area contributed by atoms with Crippen molar-refractivity contribution in [1.82, 2.24) is 24.3 Å². The number of imidazole rings is 1. The number of fused-ring (bicyclic) bond motifs is 6. The Morgan fingerprint density at radius 3 is 2.94 bits per heavy atom. The summed E-state index contributed by atoms with van der Waals surface area (Å²) in [5, 5.41) is 0. The number of rotatable bonds is 1. The molecule has 1 aliphatic heterocycles. The van der Waals surface area contributed by atoms with E-state index < -0.39 is 23.8 Å².